The van der Waals surface area contributed by atoms with Crippen LogP contribution >= 0.6 is 0 Å². The van der Waals surface area contributed by atoms with Crippen LogP contribution in [-0.2, 0) is 23.9 Å². The van der Waals surface area contributed by atoms with Crippen molar-refractivity contribution in [1.82, 2.24) is 0 Å². The summed E-state index contributed by atoms with van der Waals surface area (Å²) < 4.78 is 11.7. The fourth-order valence-electron chi connectivity index (χ4n) is 7.42. The maximum Gasteiger partial charge on any atom is 0.302 e. The molecule has 3 saturated carbocycles. The van der Waals surface area contributed by atoms with Gasteiger partial charge in [0, 0.05) is 37.5 Å². The average Bonchev–Trinajstić information content (AvgIpc) is 2.82. The SMILES string of the molecule is C=C1C(=O)[C@@]23C[C@H](OC(C)=O)[C@@H]4C(C)(C)CC[C@H](OC(C)=O)[C@@]4(C)C2=C[C@@H](O)[C@@H]1C3. The van der Waals surface area contributed by atoms with Crippen LogP contribution in [0, 0.1) is 28.1 Å². The van der Waals surface area contributed by atoms with Crippen LogP contribution in [0.5, 0.6) is 0 Å². The molecule has 1 N–H and O–H groups in total. The van der Waals surface area contributed by atoms with Crippen molar-refractivity contribution < 1.29 is 29.0 Å². The van der Waals surface area contributed by atoms with Gasteiger partial charge in [0.2, 0.25) is 0 Å². The lowest BCUT2D eigenvalue weighted by molar-refractivity contribution is -0.200. The quantitative estimate of drug-likeness (QED) is 0.423. The van der Waals surface area contributed by atoms with Crippen molar-refractivity contribution in [3.8, 4) is 0 Å². The van der Waals surface area contributed by atoms with Crippen molar-refractivity contribution >= 4 is 17.7 Å². The molecule has 0 amide bonds. The number of ether oxygens (including phenoxy) is 2. The molecule has 3 fully saturated rings. The van der Waals surface area contributed by atoms with E-state index < -0.39 is 29.1 Å². The Hall–Kier alpha value is -1.95. The molecule has 4 aliphatic carbocycles. The number of esters is 2. The zero-order valence-electron chi connectivity index (χ0n) is 18.5. The third-order valence-corrected chi connectivity index (χ3v) is 8.34. The van der Waals surface area contributed by atoms with Gasteiger partial charge in [0.15, 0.2) is 5.78 Å². The number of carbonyl (C=O) groups excluding carboxylic acids is 3. The molecular weight excluding hydrogens is 384 g/mol. The Morgan fingerprint density at radius 2 is 1.77 bits per heavy atom. The zero-order chi connectivity index (χ0) is 22.2. The number of rotatable bonds is 2. The predicted molar refractivity (Wildman–Crippen MR) is 109 cm³/mol. The number of hydrogen-bond donors (Lipinski definition) is 1. The van der Waals surface area contributed by atoms with Crippen molar-refractivity contribution in [1.29, 1.82) is 0 Å². The molecule has 30 heavy (non-hydrogen) atoms. The number of aliphatic hydroxyl groups is 1. The van der Waals surface area contributed by atoms with E-state index in [0.717, 1.165) is 12.0 Å². The van der Waals surface area contributed by atoms with E-state index in [9.17, 15) is 19.5 Å². The number of hydrogen-bond acceptors (Lipinski definition) is 6. The molecule has 4 aliphatic rings. The first-order valence-corrected chi connectivity index (χ1v) is 10.8. The van der Waals surface area contributed by atoms with E-state index in [0.29, 0.717) is 24.8 Å². The molecule has 0 saturated heterocycles. The van der Waals surface area contributed by atoms with E-state index in [2.05, 4.69) is 20.4 Å². The number of aliphatic hydroxyl groups excluding tert-OH is 1. The lowest BCUT2D eigenvalue weighted by Gasteiger charge is -2.63. The van der Waals surface area contributed by atoms with Crippen molar-refractivity contribution in [3.63, 3.8) is 0 Å². The molecule has 6 nitrogen and oxygen atoms in total. The third-order valence-electron chi connectivity index (χ3n) is 8.34. The molecule has 2 bridgehead atoms. The average molecular weight is 417 g/mol. The molecule has 1 spiro atoms. The van der Waals surface area contributed by atoms with E-state index in [1.807, 2.05) is 13.0 Å². The van der Waals surface area contributed by atoms with Crippen LogP contribution in [0.4, 0.5) is 0 Å². The number of fused-ring (bicyclic) bond motifs is 3. The minimum Gasteiger partial charge on any atom is -0.462 e. The van der Waals surface area contributed by atoms with Gasteiger partial charge >= 0.3 is 11.9 Å². The normalized spacial score (nSPS) is 43.9. The van der Waals surface area contributed by atoms with E-state index >= 15 is 0 Å². The Morgan fingerprint density at radius 1 is 1.13 bits per heavy atom. The topological polar surface area (TPSA) is 89.9 Å². The van der Waals surface area contributed by atoms with Gasteiger partial charge in [0.1, 0.15) is 12.2 Å². The highest BCUT2D eigenvalue weighted by molar-refractivity contribution is 6.05. The third kappa shape index (κ3) is 2.68. The maximum absolute atomic E-state index is 13.5. The standard InChI is InChI=1S/C24H32O6/c1-12-15-10-24(21(12)28)11-17(29-13(2)25)20-22(4,5)8-7-19(30-14(3)26)23(20,6)18(24)9-16(15)27/h9,15-17,19-20,27H,1,7-8,10-11H2,2-6H3/t15-,16-,17+,19+,20-,23-,24+/m1/s1. The number of carbonyl (C=O) groups is 3. The van der Waals surface area contributed by atoms with Gasteiger partial charge in [-0.1, -0.05) is 33.4 Å². The highest BCUT2D eigenvalue weighted by Crippen LogP contribution is 2.70. The van der Waals surface area contributed by atoms with Gasteiger partial charge in [-0.25, -0.2) is 0 Å². The Bertz CT molecular complexity index is 869. The van der Waals surface area contributed by atoms with Gasteiger partial charge in [0.25, 0.3) is 0 Å². The summed E-state index contributed by atoms with van der Waals surface area (Å²) in [4.78, 5) is 37.6. The van der Waals surface area contributed by atoms with Gasteiger partial charge in [0.05, 0.1) is 11.5 Å². The molecule has 0 heterocycles. The van der Waals surface area contributed by atoms with Crippen LogP contribution in [0.25, 0.3) is 0 Å². The Morgan fingerprint density at radius 3 is 2.37 bits per heavy atom. The molecule has 164 valence electrons. The first-order chi connectivity index (χ1) is 13.8. The van der Waals surface area contributed by atoms with Crippen molar-refractivity contribution in [2.45, 2.75) is 78.6 Å². The summed E-state index contributed by atoms with van der Waals surface area (Å²) in [6.07, 6.45) is 2.38. The van der Waals surface area contributed by atoms with Crippen LogP contribution in [0.15, 0.2) is 23.8 Å². The lowest BCUT2D eigenvalue weighted by atomic mass is 9.42. The zero-order valence-corrected chi connectivity index (χ0v) is 18.5. The van der Waals surface area contributed by atoms with E-state index in [1.54, 1.807) is 0 Å². The van der Waals surface area contributed by atoms with Gasteiger partial charge in [-0.3, -0.25) is 14.4 Å². The second-order valence-corrected chi connectivity index (χ2v) is 10.6. The first-order valence-electron chi connectivity index (χ1n) is 10.8. The van der Waals surface area contributed by atoms with E-state index in [-0.39, 0.29) is 35.0 Å². The van der Waals surface area contributed by atoms with Gasteiger partial charge in [-0.2, -0.15) is 0 Å². The first kappa shape index (κ1) is 21.3. The molecule has 0 aromatic carbocycles. The van der Waals surface area contributed by atoms with Crippen molar-refractivity contribution in [3.05, 3.63) is 23.8 Å². The van der Waals surface area contributed by atoms with Crippen LogP contribution in [-0.4, -0.2) is 41.1 Å². The summed E-state index contributed by atoms with van der Waals surface area (Å²) in [5.74, 6) is -1.30. The second-order valence-electron chi connectivity index (χ2n) is 10.6. The van der Waals surface area contributed by atoms with Crippen molar-refractivity contribution in [2.75, 3.05) is 0 Å². The smallest absolute Gasteiger partial charge is 0.302 e. The molecule has 0 aliphatic heterocycles. The Labute approximate surface area is 177 Å². The minimum atomic E-state index is -0.863. The van der Waals surface area contributed by atoms with Crippen molar-refractivity contribution in [2.24, 2.45) is 28.1 Å². The molecule has 7 atom stereocenters. The molecule has 0 radical (unpaired) electrons. The predicted octanol–water partition coefficient (Wildman–Crippen LogP) is 3.13. The fourth-order valence-corrected chi connectivity index (χ4v) is 7.42. The van der Waals surface area contributed by atoms with Crippen LogP contribution in [0.1, 0.15) is 60.3 Å². The molecule has 0 unspecified atom stereocenters. The molecule has 0 aromatic rings. The number of Topliss-reactive ketones (excluding diaryl/α,β-unsaturated/α-hetero) is 1. The summed E-state index contributed by atoms with van der Waals surface area (Å²) in [6.45, 7) is 13.1. The molecule has 6 heteroatoms. The highest BCUT2D eigenvalue weighted by Gasteiger charge is 2.70. The largest absolute Gasteiger partial charge is 0.462 e. The van der Waals surface area contributed by atoms with Crippen LogP contribution in [0.2, 0.25) is 0 Å². The fraction of sp³-hybridized carbons (Fsp3) is 0.708. The highest BCUT2D eigenvalue weighted by atomic mass is 16.6. The maximum atomic E-state index is 13.5. The lowest BCUT2D eigenvalue weighted by Crippen LogP contribution is -2.64. The summed E-state index contributed by atoms with van der Waals surface area (Å²) in [7, 11) is 0. The number of ketones is 1. The Kier molecular flexibility index (Phi) is 4.63. The molecule has 0 aromatic heterocycles. The van der Waals surface area contributed by atoms with Gasteiger partial charge in [-0.15, -0.1) is 0 Å². The summed E-state index contributed by atoms with van der Waals surface area (Å²) in [5, 5.41) is 10.9. The summed E-state index contributed by atoms with van der Waals surface area (Å²) in [5.41, 5.74) is -0.531. The van der Waals surface area contributed by atoms with Gasteiger partial charge in [-0.05, 0) is 35.8 Å². The van der Waals surface area contributed by atoms with Crippen LogP contribution < -0.4 is 0 Å². The Balaban J connectivity index is 1.96. The molecule has 4 rings (SSSR count). The summed E-state index contributed by atoms with van der Waals surface area (Å²) in [6, 6.07) is 0. The molecular formula is C24H32O6. The van der Waals surface area contributed by atoms with E-state index in [4.69, 9.17) is 9.47 Å². The second kappa shape index (κ2) is 6.52. The van der Waals surface area contributed by atoms with Crippen LogP contribution in [0.3, 0.4) is 0 Å². The summed E-state index contributed by atoms with van der Waals surface area (Å²) >= 11 is 0. The monoisotopic (exact) mass is 416 g/mol. The van der Waals surface area contributed by atoms with E-state index in [1.165, 1.54) is 13.8 Å². The van der Waals surface area contributed by atoms with Gasteiger partial charge < -0.3 is 14.6 Å². The minimum absolute atomic E-state index is 0.0721.